The molecule has 0 atom stereocenters. The van der Waals surface area contributed by atoms with Crippen LogP contribution in [0.5, 0.6) is 0 Å². The summed E-state index contributed by atoms with van der Waals surface area (Å²) >= 11 is 0. The number of amides is 1. The second-order valence-electron chi connectivity index (χ2n) is 5.14. The van der Waals surface area contributed by atoms with E-state index in [9.17, 15) is 4.79 Å². The SMILES string of the molecule is Cc1cc2cc(CNC(=O)c3ccccn3)ccc2n1C. The monoisotopic (exact) mass is 279 g/mol. The summed E-state index contributed by atoms with van der Waals surface area (Å²) in [4.78, 5) is 16.0. The summed E-state index contributed by atoms with van der Waals surface area (Å²) < 4.78 is 2.16. The first-order valence-electron chi connectivity index (χ1n) is 6.89. The van der Waals surface area contributed by atoms with Gasteiger partial charge in [-0.1, -0.05) is 12.1 Å². The van der Waals surface area contributed by atoms with Gasteiger partial charge in [0, 0.05) is 36.4 Å². The molecule has 0 aliphatic carbocycles. The van der Waals surface area contributed by atoms with Crippen LogP contribution in [0.25, 0.3) is 10.9 Å². The lowest BCUT2D eigenvalue weighted by Crippen LogP contribution is -2.23. The molecule has 21 heavy (non-hydrogen) atoms. The minimum Gasteiger partial charge on any atom is -0.348 e. The van der Waals surface area contributed by atoms with Gasteiger partial charge >= 0.3 is 0 Å². The van der Waals surface area contributed by atoms with Crippen molar-refractivity contribution in [3.63, 3.8) is 0 Å². The molecule has 106 valence electrons. The third kappa shape index (κ3) is 2.65. The van der Waals surface area contributed by atoms with Crippen LogP contribution >= 0.6 is 0 Å². The maximum Gasteiger partial charge on any atom is 0.270 e. The van der Waals surface area contributed by atoms with E-state index in [-0.39, 0.29) is 5.91 Å². The summed E-state index contributed by atoms with van der Waals surface area (Å²) in [5.74, 6) is -0.153. The number of benzene rings is 1. The van der Waals surface area contributed by atoms with Gasteiger partial charge in [0.1, 0.15) is 5.69 Å². The summed E-state index contributed by atoms with van der Waals surface area (Å²) in [5.41, 5.74) is 3.94. The lowest BCUT2D eigenvalue weighted by Gasteiger charge is -2.05. The van der Waals surface area contributed by atoms with Gasteiger partial charge in [-0.2, -0.15) is 0 Å². The molecule has 4 heteroatoms. The van der Waals surface area contributed by atoms with Crippen molar-refractivity contribution < 1.29 is 4.79 Å². The van der Waals surface area contributed by atoms with Gasteiger partial charge in [0.15, 0.2) is 0 Å². The van der Waals surface area contributed by atoms with E-state index < -0.39 is 0 Å². The second-order valence-corrected chi connectivity index (χ2v) is 5.14. The zero-order valence-corrected chi connectivity index (χ0v) is 12.1. The Bertz CT molecular complexity index is 790. The van der Waals surface area contributed by atoms with E-state index >= 15 is 0 Å². The molecule has 3 rings (SSSR count). The van der Waals surface area contributed by atoms with Crippen molar-refractivity contribution in [2.45, 2.75) is 13.5 Å². The fourth-order valence-electron chi connectivity index (χ4n) is 2.42. The molecule has 2 heterocycles. The topological polar surface area (TPSA) is 46.9 Å². The van der Waals surface area contributed by atoms with Gasteiger partial charge in [-0.05, 0) is 42.8 Å². The minimum absolute atomic E-state index is 0.153. The average Bonchev–Trinajstić information content (AvgIpc) is 2.80. The molecule has 0 aliphatic heterocycles. The number of aryl methyl sites for hydroxylation is 2. The molecule has 0 unspecified atom stereocenters. The molecule has 2 aromatic heterocycles. The van der Waals surface area contributed by atoms with Crippen LogP contribution in [0, 0.1) is 6.92 Å². The molecule has 0 fully saturated rings. The van der Waals surface area contributed by atoms with Gasteiger partial charge < -0.3 is 9.88 Å². The molecular formula is C17H17N3O. The zero-order valence-electron chi connectivity index (χ0n) is 12.1. The highest BCUT2D eigenvalue weighted by Crippen LogP contribution is 2.19. The fourth-order valence-corrected chi connectivity index (χ4v) is 2.42. The largest absolute Gasteiger partial charge is 0.348 e. The Morgan fingerprint density at radius 1 is 1.24 bits per heavy atom. The van der Waals surface area contributed by atoms with E-state index in [1.165, 1.54) is 16.6 Å². The molecule has 1 aromatic carbocycles. The number of carbonyl (C=O) groups excluding carboxylic acids is 1. The Morgan fingerprint density at radius 2 is 2.10 bits per heavy atom. The van der Waals surface area contributed by atoms with Crippen LogP contribution in [0.2, 0.25) is 0 Å². The molecule has 0 spiro atoms. The van der Waals surface area contributed by atoms with E-state index in [1.807, 2.05) is 6.07 Å². The van der Waals surface area contributed by atoms with Crippen molar-refractivity contribution >= 4 is 16.8 Å². The maximum absolute atomic E-state index is 12.0. The number of nitrogens with one attached hydrogen (secondary N) is 1. The van der Waals surface area contributed by atoms with Crippen LogP contribution < -0.4 is 5.32 Å². The number of aromatic nitrogens is 2. The molecule has 4 nitrogen and oxygen atoms in total. The van der Waals surface area contributed by atoms with E-state index in [2.05, 4.69) is 47.0 Å². The first-order chi connectivity index (χ1) is 10.1. The second kappa shape index (κ2) is 5.40. The Balaban J connectivity index is 1.75. The molecule has 1 N–H and O–H groups in total. The van der Waals surface area contributed by atoms with Crippen LogP contribution in [0.1, 0.15) is 21.7 Å². The first-order valence-corrected chi connectivity index (χ1v) is 6.89. The van der Waals surface area contributed by atoms with E-state index in [1.54, 1.807) is 24.4 Å². The highest BCUT2D eigenvalue weighted by Gasteiger charge is 2.07. The van der Waals surface area contributed by atoms with E-state index in [0.717, 1.165) is 5.56 Å². The summed E-state index contributed by atoms with van der Waals surface area (Å²) in [7, 11) is 2.06. The predicted octanol–water partition coefficient (Wildman–Crippen LogP) is 2.81. The number of pyridine rings is 1. The molecular weight excluding hydrogens is 262 g/mol. The molecule has 0 saturated carbocycles. The van der Waals surface area contributed by atoms with E-state index in [4.69, 9.17) is 0 Å². The van der Waals surface area contributed by atoms with Crippen LogP contribution in [0.3, 0.4) is 0 Å². The summed E-state index contributed by atoms with van der Waals surface area (Å²) in [6.07, 6.45) is 1.62. The molecule has 0 saturated heterocycles. The smallest absolute Gasteiger partial charge is 0.270 e. The maximum atomic E-state index is 12.0. The standard InChI is InChI=1S/C17H17N3O/c1-12-9-14-10-13(6-7-16(14)20(12)2)11-19-17(21)15-5-3-4-8-18-15/h3-10H,11H2,1-2H3,(H,19,21). The molecule has 0 bridgehead atoms. The van der Waals surface area contributed by atoms with Crippen molar-refractivity contribution in [2.75, 3.05) is 0 Å². The highest BCUT2D eigenvalue weighted by atomic mass is 16.1. The van der Waals surface area contributed by atoms with Gasteiger partial charge in [0.05, 0.1) is 0 Å². The number of hydrogen-bond donors (Lipinski definition) is 1. The summed E-state index contributed by atoms with van der Waals surface area (Å²) in [6.45, 7) is 2.59. The lowest BCUT2D eigenvalue weighted by atomic mass is 10.1. The average molecular weight is 279 g/mol. The Kier molecular flexibility index (Phi) is 3.44. The zero-order chi connectivity index (χ0) is 14.8. The fraction of sp³-hybridized carbons (Fsp3) is 0.176. The molecule has 0 aliphatic rings. The Hall–Kier alpha value is -2.62. The Labute approximate surface area is 123 Å². The minimum atomic E-state index is -0.153. The van der Waals surface area contributed by atoms with Crippen molar-refractivity contribution in [2.24, 2.45) is 7.05 Å². The number of hydrogen-bond acceptors (Lipinski definition) is 2. The van der Waals surface area contributed by atoms with Crippen LogP contribution in [0.15, 0.2) is 48.7 Å². The third-order valence-corrected chi connectivity index (χ3v) is 3.70. The summed E-state index contributed by atoms with van der Waals surface area (Å²) in [5, 5.41) is 4.09. The van der Waals surface area contributed by atoms with Crippen LogP contribution in [0.4, 0.5) is 0 Å². The number of rotatable bonds is 3. The number of fused-ring (bicyclic) bond motifs is 1. The first kappa shape index (κ1) is 13.4. The van der Waals surface area contributed by atoms with Crippen molar-refractivity contribution in [1.82, 2.24) is 14.9 Å². The molecule has 1 amide bonds. The van der Waals surface area contributed by atoms with E-state index in [0.29, 0.717) is 12.2 Å². The number of nitrogens with zero attached hydrogens (tertiary/aromatic N) is 2. The molecule has 3 aromatic rings. The quantitative estimate of drug-likeness (QED) is 0.801. The van der Waals surface area contributed by atoms with Crippen molar-refractivity contribution in [3.8, 4) is 0 Å². The Morgan fingerprint density at radius 3 is 2.86 bits per heavy atom. The highest BCUT2D eigenvalue weighted by molar-refractivity contribution is 5.92. The van der Waals surface area contributed by atoms with Gasteiger partial charge in [-0.15, -0.1) is 0 Å². The van der Waals surface area contributed by atoms with Gasteiger partial charge in [-0.3, -0.25) is 9.78 Å². The normalized spacial score (nSPS) is 10.8. The van der Waals surface area contributed by atoms with Crippen LogP contribution in [-0.2, 0) is 13.6 Å². The van der Waals surface area contributed by atoms with Crippen molar-refractivity contribution in [1.29, 1.82) is 0 Å². The van der Waals surface area contributed by atoms with Gasteiger partial charge in [-0.25, -0.2) is 0 Å². The van der Waals surface area contributed by atoms with Crippen LogP contribution in [-0.4, -0.2) is 15.5 Å². The lowest BCUT2D eigenvalue weighted by molar-refractivity contribution is 0.0946. The number of carbonyl (C=O) groups is 1. The molecule has 0 radical (unpaired) electrons. The van der Waals surface area contributed by atoms with Crippen molar-refractivity contribution in [3.05, 3.63) is 65.6 Å². The van der Waals surface area contributed by atoms with Gasteiger partial charge in [0.2, 0.25) is 0 Å². The predicted molar refractivity (Wildman–Crippen MR) is 83.1 cm³/mol. The summed E-state index contributed by atoms with van der Waals surface area (Å²) in [6, 6.07) is 13.7. The van der Waals surface area contributed by atoms with Gasteiger partial charge in [0.25, 0.3) is 5.91 Å². The third-order valence-electron chi connectivity index (χ3n) is 3.70.